The van der Waals surface area contributed by atoms with Gasteiger partial charge in [0.25, 0.3) is 0 Å². The normalized spacial score (nSPS) is 17.1. The average molecular weight is 605 g/mol. The number of hydrogen-bond donors (Lipinski definition) is 1. The molecule has 6 heteroatoms. The average Bonchev–Trinajstić information content (AvgIpc) is 3.34. The van der Waals surface area contributed by atoms with Crippen LogP contribution in [-0.4, -0.2) is 29.3 Å². The van der Waals surface area contributed by atoms with Gasteiger partial charge in [-0.15, -0.1) is 0 Å². The van der Waals surface area contributed by atoms with Crippen molar-refractivity contribution >= 4 is 16.8 Å². The molecule has 0 radical (unpaired) electrons. The fraction of sp³-hybridized carbons (Fsp3) is 0.150. The molecule has 0 saturated heterocycles. The van der Waals surface area contributed by atoms with Crippen molar-refractivity contribution in [2.45, 2.75) is 24.9 Å². The van der Waals surface area contributed by atoms with Crippen molar-refractivity contribution in [3.8, 4) is 45.3 Å². The molecule has 1 unspecified atom stereocenters. The molecule has 8 rings (SSSR count). The SMILES string of the molecule is COc1ccc(C2(c3ccc(O)cc3)C=Cc3c4c(c5cc(OC)ccc5c3O2)-c2ccc(-c3cncnc3)cc2C4(C)C)cc1. The lowest BCUT2D eigenvalue weighted by atomic mass is 9.76. The van der Waals surface area contributed by atoms with E-state index in [1.54, 1.807) is 32.7 Å². The minimum absolute atomic E-state index is 0.199. The van der Waals surface area contributed by atoms with Crippen molar-refractivity contribution in [3.63, 3.8) is 0 Å². The van der Waals surface area contributed by atoms with E-state index in [-0.39, 0.29) is 11.2 Å². The van der Waals surface area contributed by atoms with E-state index < -0.39 is 5.60 Å². The second kappa shape index (κ2) is 10.2. The lowest BCUT2D eigenvalue weighted by molar-refractivity contribution is 0.163. The molecule has 2 aliphatic rings. The molecule has 6 aromatic rings. The lowest BCUT2D eigenvalue weighted by Crippen LogP contribution is -2.35. The summed E-state index contributed by atoms with van der Waals surface area (Å²) in [5.41, 5.74) is 8.50. The first-order valence-electron chi connectivity index (χ1n) is 15.2. The number of methoxy groups -OCH3 is 2. The van der Waals surface area contributed by atoms with Crippen molar-refractivity contribution in [2.75, 3.05) is 14.2 Å². The first kappa shape index (κ1) is 27.9. The molecule has 1 aromatic heterocycles. The van der Waals surface area contributed by atoms with Crippen LogP contribution in [0.3, 0.4) is 0 Å². The van der Waals surface area contributed by atoms with Crippen LogP contribution in [0.2, 0.25) is 0 Å². The molecule has 0 amide bonds. The van der Waals surface area contributed by atoms with E-state index in [0.29, 0.717) is 0 Å². The molecule has 1 aliphatic heterocycles. The maximum atomic E-state index is 10.2. The molecule has 5 aromatic carbocycles. The Labute approximate surface area is 267 Å². The Morgan fingerprint density at radius 2 is 1.39 bits per heavy atom. The minimum Gasteiger partial charge on any atom is -0.508 e. The van der Waals surface area contributed by atoms with Gasteiger partial charge >= 0.3 is 0 Å². The topological polar surface area (TPSA) is 73.7 Å². The summed E-state index contributed by atoms with van der Waals surface area (Å²) in [6, 6.07) is 28.1. The smallest absolute Gasteiger partial charge is 0.178 e. The molecule has 46 heavy (non-hydrogen) atoms. The summed E-state index contributed by atoms with van der Waals surface area (Å²) in [6.45, 7) is 4.57. The van der Waals surface area contributed by atoms with Crippen LogP contribution in [0.5, 0.6) is 23.0 Å². The van der Waals surface area contributed by atoms with Crippen LogP contribution in [0, 0.1) is 0 Å². The van der Waals surface area contributed by atoms with Crippen LogP contribution in [0.25, 0.3) is 39.1 Å². The van der Waals surface area contributed by atoms with Gasteiger partial charge in [0.15, 0.2) is 5.60 Å². The Morgan fingerprint density at radius 3 is 2.09 bits per heavy atom. The number of hydrogen-bond acceptors (Lipinski definition) is 6. The van der Waals surface area contributed by atoms with Gasteiger partial charge in [-0.3, -0.25) is 0 Å². The summed E-state index contributed by atoms with van der Waals surface area (Å²) >= 11 is 0. The molecule has 0 fully saturated rings. The summed E-state index contributed by atoms with van der Waals surface area (Å²) in [5, 5.41) is 12.2. The number of benzene rings is 5. The Kier molecular flexibility index (Phi) is 6.19. The van der Waals surface area contributed by atoms with Crippen molar-refractivity contribution in [1.82, 2.24) is 9.97 Å². The highest BCUT2D eigenvalue weighted by Gasteiger charge is 2.44. The van der Waals surface area contributed by atoms with Gasteiger partial charge in [0.1, 0.15) is 29.3 Å². The number of rotatable bonds is 5. The number of ether oxygens (including phenoxy) is 3. The predicted octanol–water partition coefficient (Wildman–Crippen LogP) is 8.68. The van der Waals surface area contributed by atoms with Crippen LogP contribution in [-0.2, 0) is 11.0 Å². The molecule has 2 heterocycles. The quantitative estimate of drug-likeness (QED) is 0.212. The fourth-order valence-electron chi connectivity index (χ4n) is 7.24. The second-order valence-electron chi connectivity index (χ2n) is 12.4. The van der Waals surface area contributed by atoms with Gasteiger partial charge in [-0.25, -0.2) is 9.97 Å². The fourth-order valence-corrected chi connectivity index (χ4v) is 7.24. The molecule has 1 atom stereocenters. The number of nitrogens with zero attached hydrogens (tertiary/aromatic N) is 2. The van der Waals surface area contributed by atoms with Gasteiger partial charge in [-0.2, -0.15) is 0 Å². The van der Waals surface area contributed by atoms with E-state index in [1.807, 2.05) is 54.9 Å². The first-order chi connectivity index (χ1) is 22.3. The molecular formula is C40H32N2O4. The third-order valence-electron chi connectivity index (χ3n) is 9.55. The molecule has 0 bridgehead atoms. The van der Waals surface area contributed by atoms with Crippen LogP contribution in [0.15, 0.2) is 110 Å². The molecule has 0 spiro atoms. The van der Waals surface area contributed by atoms with Gasteiger partial charge in [-0.1, -0.05) is 56.3 Å². The van der Waals surface area contributed by atoms with E-state index in [1.165, 1.54) is 22.3 Å². The Bertz CT molecular complexity index is 2170. The number of aromatic hydroxyl groups is 1. The van der Waals surface area contributed by atoms with E-state index in [0.717, 1.165) is 55.8 Å². The summed E-state index contributed by atoms with van der Waals surface area (Å²) in [6.07, 6.45) is 9.62. The Balaban J connectivity index is 1.40. The number of phenols is 1. The van der Waals surface area contributed by atoms with Gasteiger partial charge < -0.3 is 19.3 Å². The predicted molar refractivity (Wildman–Crippen MR) is 181 cm³/mol. The summed E-state index contributed by atoms with van der Waals surface area (Å²) < 4.78 is 18.6. The molecule has 6 nitrogen and oxygen atoms in total. The highest BCUT2D eigenvalue weighted by atomic mass is 16.5. The van der Waals surface area contributed by atoms with Crippen LogP contribution in [0.4, 0.5) is 0 Å². The number of aromatic nitrogens is 2. The summed E-state index contributed by atoms with van der Waals surface area (Å²) in [7, 11) is 3.36. The van der Waals surface area contributed by atoms with Crippen molar-refractivity contribution in [3.05, 3.63) is 138 Å². The summed E-state index contributed by atoms with van der Waals surface area (Å²) in [4.78, 5) is 8.51. The maximum Gasteiger partial charge on any atom is 0.178 e. The van der Waals surface area contributed by atoms with E-state index in [2.05, 4.69) is 66.3 Å². The largest absolute Gasteiger partial charge is 0.508 e. The van der Waals surface area contributed by atoms with Crippen LogP contribution in [0.1, 0.15) is 41.7 Å². The van der Waals surface area contributed by atoms with Crippen LogP contribution < -0.4 is 14.2 Å². The van der Waals surface area contributed by atoms with Gasteiger partial charge in [0.05, 0.1) is 14.2 Å². The van der Waals surface area contributed by atoms with Crippen LogP contribution >= 0.6 is 0 Å². The van der Waals surface area contributed by atoms with E-state index >= 15 is 0 Å². The maximum absolute atomic E-state index is 10.2. The molecule has 1 N–H and O–H groups in total. The highest BCUT2D eigenvalue weighted by molar-refractivity contribution is 6.09. The zero-order chi connectivity index (χ0) is 31.6. The first-order valence-corrected chi connectivity index (χ1v) is 15.2. The zero-order valence-electron chi connectivity index (χ0n) is 26.0. The second-order valence-corrected chi connectivity index (χ2v) is 12.4. The Hall–Kier alpha value is -5.62. The highest BCUT2D eigenvalue weighted by Crippen LogP contribution is 2.58. The van der Waals surface area contributed by atoms with Gasteiger partial charge in [0, 0.05) is 45.4 Å². The third-order valence-corrected chi connectivity index (χ3v) is 9.55. The van der Waals surface area contributed by atoms with Crippen molar-refractivity contribution in [2.24, 2.45) is 0 Å². The molecule has 0 saturated carbocycles. The standard InChI is InChI=1S/C40H32N2O4/c1-39(2)35-19-24(25-21-41-23-42-22-25)5-15-32(35)36-34-20-30(45-4)14-16-31(34)38-33(37(36)39)17-18-40(46-38,26-6-10-28(43)11-7-26)27-8-12-29(44-3)13-9-27/h5-23,43H,1-4H3. The van der Waals surface area contributed by atoms with E-state index in [4.69, 9.17) is 14.2 Å². The number of fused-ring (bicyclic) bond motifs is 8. The molecule has 1 aliphatic carbocycles. The van der Waals surface area contributed by atoms with Crippen molar-refractivity contribution in [1.29, 1.82) is 0 Å². The molecular weight excluding hydrogens is 572 g/mol. The molecule has 226 valence electrons. The zero-order valence-corrected chi connectivity index (χ0v) is 26.0. The number of phenolic OH excluding ortho intramolecular Hbond substituents is 1. The van der Waals surface area contributed by atoms with E-state index in [9.17, 15) is 5.11 Å². The monoisotopic (exact) mass is 604 g/mol. The minimum atomic E-state index is -0.954. The summed E-state index contributed by atoms with van der Waals surface area (Å²) in [5.74, 6) is 2.55. The van der Waals surface area contributed by atoms with Crippen molar-refractivity contribution < 1.29 is 19.3 Å². The Morgan fingerprint density at radius 1 is 0.717 bits per heavy atom. The van der Waals surface area contributed by atoms with Gasteiger partial charge in [-0.05, 0) is 87.8 Å². The lowest BCUT2D eigenvalue weighted by Gasteiger charge is -2.38. The van der Waals surface area contributed by atoms with Gasteiger partial charge in [0.2, 0.25) is 0 Å². The third kappa shape index (κ3) is 4.03.